The lowest BCUT2D eigenvalue weighted by Crippen LogP contribution is -2.57. The maximum atomic E-state index is 15.2. The van der Waals surface area contributed by atoms with Crippen molar-refractivity contribution >= 4 is 133 Å². The number of amides is 9. The van der Waals surface area contributed by atoms with Gasteiger partial charge in [-0.1, -0.05) is 45.1 Å². The highest BCUT2D eigenvalue weighted by Crippen LogP contribution is 2.48. The van der Waals surface area contributed by atoms with Gasteiger partial charge in [-0.2, -0.15) is 0 Å². The first-order valence-electron chi connectivity index (χ1n) is 33.0. The van der Waals surface area contributed by atoms with E-state index in [1.807, 2.05) is 6.92 Å². The monoisotopic (exact) mass is 1530 g/mol. The number of nitrogens with zero attached hydrogens (tertiary/aromatic N) is 7. The van der Waals surface area contributed by atoms with Crippen molar-refractivity contribution in [2.45, 2.75) is 185 Å². The number of hydrogen-bond donors (Lipinski definition) is 15. The average molecular weight is 1530 g/mol. The molecule has 38 heteroatoms. The second-order valence-corrected chi connectivity index (χ2v) is 30.4. The van der Waals surface area contributed by atoms with E-state index in [1.165, 1.54) is 82.1 Å². The van der Waals surface area contributed by atoms with Crippen molar-refractivity contribution in [1.29, 1.82) is 0 Å². The summed E-state index contributed by atoms with van der Waals surface area (Å²) in [5, 5.41) is 88.2. The molecule has 0 aromatic carbocycles. The largest absolute Gasteiger partial charge is 0.455 e. The van der Waals surface area contributed by atoms with Gasteiger partial charge in [-0.25, -0.2) is 29.7 Å². The normalized spacial score (nSPS) is 28.5. The van der Waals surface area contributed by atoms with E-state index in [2.05, 4.69) is 74.4 Å². The number of aliphatic hydroxyl groups is 5. The second-order valence-electron chi connectivity index (χ2n) is 25.9. The minimum atomic E-state index is -2.17. The topological polar surface area (TPSA) is 505 Å². The molecule has 0 saturated carbocycles. The number of cyclic esters (lactones) is 1. The Bertz CT molecular complexity index is 4390. The third-order valence-corrected chi connectivity index (χ3v) is 23.2. The molecule has 0 fully saturated rings. The van der Waals surface area contributed by atoms with Crippen molar-refractivity contribution in [2.75, 3.05) is 5.75 Å². The number of nitrogens with two attached hydrogens (primary N) is 1. The molecule has 17 atom stereocenters. The minimum Gasteiger partial charge on any atom is -0.455 e. The quantitative estimate of drug-likeness (QED) is 0.0773. The number of ether oxygens (including phenoxy) is 1. The summed E-state index contributed by atoms with van der Waals surface area (Å²) in [4.78, 5) is 177. The number of carbonyl (C=O) groups excluding carboxylic acids is 10. The van der Waals surface area contributed by atoms with Gasteiger partial charge in [-0.3, -0.25) is 58.5 Å². The molecule has 10 rings (SSSR count). The third-order valence-electron chi connectivity index (χ3n) is 18.4. The number of thiazole rings is 4. The maximum absolute atomic E-state index is 15.2. The number of hydrogen-bond acceptors (Lipinski definition) is 29. The Morgan fingerprint density at radius 3 is 2.14 bits per heavy atom. The van der Waals surface area contributed by atoms with Crippen molar-refractivity contribution in [3.63, 3.8) is 0 Å². The van der Waals surface area contributed by atoms with Gasteiger partial charge in [0.2, 0.25) is 29.5 Å². The molecule has 2 unspecified atom stereocenters. The minimum absolute atomic E-state index is 0.00929. The fraction of sp³-hybridized carbons (Fsp3) is 0.470. The van der Waals surface area contributed by atoms with E-state index < -0.39 is 172 Å². The lowest BCUT2D eigenvalue weighted by molar-refractivity contribution is -0.131. The zero-order chi connectivity index (χ0) is 75.7. The summed E-state index contributed by atoms with van der Waals surface area (Å²) in [6.45, 7) is 18.2. The number of primary amides is 1. The summed E-state index contributed by atoms with van der Waals surface area (Å²) in [7, 11) is 0. The van der Waals surface area contributed by atoms with E-state index >= 15 is 9.59 Å². The number of fused-ring (bicyclic) bond motifs is 7. The predicted octanol–water partition coefficient (Wildman–Crippen LogP) is 1.51. The summed E-state index contributed by atoms with van der Waals surface area (Å²) >= 11 is 4.69. The van der Waals surface area contributed by atoms with Crippen molar-refractivity contribution in [1.82, 2.24) is 72.8 Å². The second kappa shape index (κ2) is 31.8. The zero-order valence-corrected chi connectivity index (χ0v) is 61.9. The van der Waals surface area contributed by atoms with Crippen LogP contribution in [0.5, 0.6) is 0 Å². The van der Waals surface area contributed by atoms with Gasteiger partial charge in [0.1, 0.15) is 113 Å². The van der Waals surface area contributed by atoms with Crippen LogP contribution in [0.1, 0.15) is 203 Å². The molecule has 9 amide bonds. The van der Waals surface area contributed by atoms with Gasteiger partial charge in [0.25, 0.3) is 23.6 Å². The molecule has 13 bridgehead atoms. The summed E-state index contributed by atoms with van der Waals surface area (Å²) in [6, 6.07) is -11.1. The van der Waals surface area contributed by atoms with Crippen molar-refractivity contribution in [3.8, 4) is 0 Å². The Hall–Kier alpha value is -8.96. The molecule has 9 heterocycles. The first-order chi connectivity index (χ1) is 49.1. The van der Waals surface area contributed by atoms with E-state index in [4.69, 9.17) is 25.4 Å². The summed E-state index contributed by atoms with van der Waals surface area (Å²) in [5.41, 5.74) is 0.481. The molecule has 5 aromatic heterocycles. The number of aliphatic hydroxyl groups excluding tert-OH is 4. The molecule has 0 saturated heterocycles. The number of thioether (sulfide) groups is 1. The van der Waals surface area contributed by atoms with E-state index in [0.717, 1.165) is 57.1 Å². The highest BCUT2D eigenvalue weighted by molar-refractivity contribution is 8.14. The van der Waals surface area contributed by atoms with Crippen LogP contribution in [0.3, 0.4) is 0 Å². The lowest BCUT2D eigenvalue weighted by Gasteiger charge is -2.41. The van der Waals surface area contributed by atoms with E-state index in [9.17, 15) is 63.9 Å². The number of aromatic nitrogens is 5. The van der Waals surface area contributed by atoms with Gasteiger partial charge in [-0.15, -0.1) is 57.1 Å². The van der Waals surface area contributed by atoms with Crippen LogP contribution in [0.15, 0.2) is 67.7 Å². The highest BCUT2D eigenvalue weighted by atomic mass is 32.2. The number of rotatable bonds is 8. The summed E-state index contributed by atoms with van der Waals surface area (Å²) in [5.74, 6) is -9.57. The maximum Gasteiger partial charge on any atom is 0.357 e. The van der Waals surface area contributed by atoms with Crippen LogP contribution in [0.25, 0.3) is 6.08 Å². The molecule has 33 nitrogen and oxygen atoms in total. The van der Waals surface area contributed by atoms with Gasteiger partial charge in [-0.05, 0) is 85.8 Å². The Morgan fingerprint density at radius 2 is 1.47 bits per heavy atom. The van der Waals surface area contributed by atoms with E-state index in [-0.39, 0.29) is 94.7 Å². The molecule has 0 radical (unpaired) electrons. The number of carbonyl (C=O) groups is 10. The van der Waals surface area contributed by atoms with Gasteiger partial charge < -0.3 is 78.5 Å². The molecule has 104 heavy (non-hydrogen) atoms. The zero-order valence-electron chi connectivity index (χ0n) is 57.8. The molecular formula is C66H79N17O16S5. The molecular weight excluding hydrogens is 1450 g/mol. The Morgan fingerprint density at radius 1 is 0.779 bits per heavy atom. The van der Waals surface area contributed by atoms with Crippen LogP contribution in [-0.2, 0) is 39.0 Å². The van der Waals surface area contributed by atoms with Crippen molar-refractivity contribution < 1.29 is 78.2 Å². The Kier molecular flexibility index (Phi) is 23.7. The molecule has 1 aliphatic carbocycles. The number of allylic oxidation sites excluding steroid dienone is 1. The molecule has 5 aromatic rings. The van der Waals surface area contributed by atoms with Crippen LogP contribution in [0, 0.1) is 5.92 Å². The van der Waals surface area contributed by atoms with Crippen LogP contribution in [0.2, 0.25) is 0 Å². The van der Waals surface area contributed by atoms with Gasteiger partial charge >= 0.3 is 5.97 Å². The van der Waals surface area contributed by atoms with E-state index in [0.29, 0.717) is 6.42 Å². The van der Waals surface area contributed by atoms with E-state index in [1.54, 1.807) is 26.0 Å². The Balaban J connectivity index is 1.17. The molecule has 4 aliphatic heterocycles. The number of aliphatic imine (C=N–C) groups is 2. The smallest absolute Gasteiger partial charge is 0.357 e. The SMILES string of the molecule is C=C1NC(=O)[C@H](C)NC(=O)[C@H]([C@@H](C)CC)NC2C=Cc3c([C@H](C)O)cc(nc3[C@H]2O)C(=O)O[C@H](C)[C@@H]2NC(=O)c3csc(n3)[C@H]([C@](C)(O)[C@@H](C)O)NC(=O)[C@H]3CSC(=N3)/C(=C/C)NC(=O)[C@H]([C@@H](C)O)NC(=O)c3csc(n3)C3(CCC(c4nc(C(N)=O)cs4)=N[C@@H]3c3csc2n3)NC(=O)[C@H](C)NC1=O. The fourth-order valence-corrected chi connectivity index (χ4v) is 16.7. The number of pyridine rings is 1. The molecule has 554 valence electrons. The summed E-state index contributed by atoms with van der Waals surface area (Å²) in [6.07, 6.45) is -2.69. The summed E-state index contributed by atoms with van der Waals surface area (Å²) < 4.78 is 6.24. The van der Waals surface area contributed by atoms with Gasteiger partial charge in [0, 0.05) is 32.8 Å². The fourth-order valence-electron chi connectivity index (χ4n) is 11.8. The molecule has 5 aliphatic rings. The third kappa shape index (κ3) is 16.3. The number of esters is 1. The average Bonchev–Trinajstić information content (AvgIpc) is 1.43. The first kappa shape index (κ1) is 77.6. The first-order valence-corrected chi connectivity index (χ1v) is 37.5. The predicted molar refractivity (Wildman–Crippen MR) is 384 cm³/mol. The van der Waals surface area contributed by atoms with Crippen LogP contribution >= 0.6 is 57.1 Å². The standard InChI is InChI=1S/C66H79N17O16S5/c1-12-24(3)43-57(95)70-26(5)52(90)68-25(4)51(89)69-27(6)53(91)83-66-17-16-36(60-76-39(20-100-60)50(67)88)73-48(66)38-19-102-61(75-38)45(30(9)99-63(97)37-18-33(28(7)84)32-14-15-35(71-43)47(87)46(32)72-37)81-54(92)40-22-103-62(78-40)49(65(11,98)31(10)86)82-56(94)41-21-101-59(77-41)34(13-2)74-58(96)44(29(8)85)80-55(93)42-23-104-64(66)79-42/h13-15,18-20,22-24,26-31,35,41,43-45,47-49,71,84-87,98H,4,12,16-17,21H2,1-3,5-11H3,(H2,67,88)(H,68,90)(H,69,89)(H,70,95)(H,74,96)(H,80,93)(H,81,92)(H,82,94)(H,83,91)/b34-13-/t24-,26-,27-,28-,29+,30+,31+,35?,41+,43-,44-,45-,47-,48+,49+,65+,66?/m0/s1. The van der Waals surface area contributed by atoms with Crippen LogP contribution in [0.4, 0.5) is 0 Å². The van der Waals surface area contributed by atoms with Gasteiger partial charge in [0.05, 0.1) is 58.9 Å². The number of nitrogens with one attached hydrogen (secondary N) is 9. The lowest BCUT2D eigenvalue weighted by atomic mass is 9.80. The highest BCUT2D eigenvalue weighted by Gasteiger charge is 2.51. The van der Waals surface area contributed by atoms with Crippen LogP contribution in [-0.4, -0.2) is 186 Å². The Labute approximate surface area is 615 Å². The molecule has 0 spiro atoms. The van der Waals surface area contributed by atoms with Gasteiger partial charge in [0.15, 0.2) is 0 Å². The van der Waals surface area contributed by atoms with Crippen molar-refractivity contribution in [2.24, 2.45) is 21.6 Å². The molecule has 16 N–H and O–H groups in total. The van der Waals surface area contributed by atoms with Crippen molar-refractivity contribution in [3.05, 3.63) is 123 Å². The van der Waals surface area contributed by atoms with Crippen LogP contribution < -0.4 is 53.6 Å².